The zero-order valence-corrected chi connectivity index (χ0v) is 15.6. The van der Waals surface area contributed by atoms with Crippen molar-refractivity contribution in [2.24, 2.45) is 7.05 Å². The molecule has 1 amide bonds. The Morgan fingerprint density at radius 2 is 1.75 bits per heavy atom. The van der Waals surface area contributed by atoms with Crippen LogP contribution in [-0.4, -0.2) is 40.9 Å². The Morgan fingerprint density at radius 3 is 2.29 bits per heavy atom. The summed E-state index contributed by atoms with van der Waals surface area (Å²) < 4.78 is 26.4. The summed E-state index contributed by atoms with van der Waals surface area (Å²) >= 11 is 0. The molecule has 2 rings (SSSR count). The molecule has 0 radical (unpaired) electrons. The molecule has 0 atom stereocenters. The number of sulfone groups is 1. The second-order valence-electron chi connectivity index (χ2n) is 6.92. The number of hydrogen-bond donors (Lipinski definition) is 1. The van der Waals surface area contributed by atoms with Gasteiger partial charge in [-0.3, -0.25) is 4.79 Å². The quantitative estimate of drug-likeness (QED) is 0.870. The number of aromatic nitrogens is 3. The largest absolute Gasteiger partial charge is 0.352 e. The third-order valence-corrected chi connectivity index (χ3v) is 6.01. The Hall–Kier alpha value is -1.44. The van der Waals surface area contributed by atoms with Crippen molar-refractivity contribution in [3.8, 4) is 0 Å². The zero-order valence-electron chi connectivity index (χ0n) is 14.8. The van der Waals surface area contributed by atoms with Crippen LogP contribution in [0.5, 0.6) is 0 Å². The van der Waals surface area contributed by atoms with Crippen LogP contribution in [0, 0.1) is 0 Å². The summed E-state index contributed by atoms with van der Waals surface area (Å²) in [6, 6.07) is 0.0821. The minimum atomic E-state index is -3.79. The number of rotatable bonds is 5. The first-order valence-corrected chi connectivity index (χ1v) is 10.4. The van der Waals surface area contributed by atoms with E-state index in [-0.39, 0.29) is 17.1 Å². The van der Waals surface area contributed by atoms with Crippen molar-refractivity contribution < 1.29 is 13.2 Å². The predicted molar refractivity (Wildman–Crippen MR) is 91.4 cm³/mol. The molecule has 1 fully saturated rings. The van der Waals surface area contributed by atoms with Crippen LogP contribution in [0.2, 0.25) is 0 Å². The van der Waals surface area contributed by atoms with E-state index in [0.717, 1.165) is 25.7 Å². The zero-order chi connectivity index (χ0) is 17.7. The fourth-order valence-electron chi connectivity index (χ4n) is 3.21. The van der Waals surface area contributed by atoms with E-state index < -0.39 is 21.5 Å². The number of nitrogens with zero attached hydrogens (tertiary/aromatic N) is 3. The molecule has 1 N–H and O–H groups in total. The Balaban J connectivity index is 2.01. The van der Waals surface area contributed by atoms with Crippen LogP contribution in [0.25, 0.3) is 0 Å². The van der Waals surface area contributed by atoms with Crippen molar-refractivity contribution in [3.63, 3.8) is 0 Å². The van der Waals surface area contributed by atoms with Gasteiger partial charge in [0, 0.05) is 19.0 Å². The fourth-order valence-corrected chi connectivity index (χ4v) is 4.44. The number of hydrogen-bond acceptors (Lipinski definition) is 5. The normalized spacial score (nSPS) is 17.5. The number of amides is 1. The molecule has 0 aliphatic heterocycles. The van der Waals surface area contributed by atoms with Gasteiger partial charge in [0.1, 0.15) is 11.6 Å². The van der Waals surface area contributed by atoms with Gasteiger partial charge in [-0.05, 0) is 12.8 Å². The van der Waals surface area contributed by atoms with Crippen LogP contribution >= 0.6 is 0 Å². The van der Waals surface area contributed by atoms with Crippen molar-refractivity contribution in [1.82, 2.24) is 20.1 Å². The molecule has 1 saturated carbocycles. The first-order chi connectivity index (χ1) is 11.3. The van der Waals surface area contributed by atoms with Crippen molar-refractivity contribution in [3.05, 3.63) is 5.82 Å². The van der Waals surface area contributed by atoms with E-state index in [0.29, 0.717) is 5.82 Å². The van der Waals surface area contributed by atoms with Gasteiger partial charge in [-0.15, -0.1) is 10.2 Å². The molecule has 136 valence electrons. The second kappa shape index (κ2) is 8.09. The van der Waals surface area contributed by atoms with Crippen molar-refractivity contribution >= 4 is 15.7 Å². The van der Waals surface area contributed by atoms with Crippen LogP contribution in [0.1, 0.15) is 70.5 Å². The molecule has 0 unspecified atom stereocenters. The topological polar surface area (TPSA) is 94.0 Å². The average molecular weight is 356 g/mol. The van der Waals surface area contributed by atoms with E-state index in [4.69, 9.17) is 0 Å². The summed E-state index contributed by atoms with van der Waals surface area (Å²) in [7, 11) is -2.17. The highest BCUT2D eigenvalue weighted by Gasteiger charge is 2.27. The maximum atomic E-state index is 12.5. The molecule has 7 nitrogen and oxygen atoms in total. The Labute approximate surface area is 144 Å². The molecule has 0 saturated heterocycles. The van der Waals surface area contributed by atoms with Crippen LogP contribution < -0.4 is 5.32 Å². The molecule has 24 heavy (non-hydrogen) atoms. The van der Waals surface area contributed by atoms with E-state index in [2.05, 4.69) is 15.5 Å². The maximum absolute atomic E-state index is 12.5. The standard InChI is InChI=1S/C16H28N4O3S/c1-12(2)15-18-19-16(20(15)3)24(22,23)11-14(21)17-13-9-7-5-4-6-8-10-13/h12-13H,4-11H2,1-3H3,(H,17,21). The highest BCUT2D eigenvalue weighted by Crippen LogP contribution is 2.18. The summed E-state index contributed by atoms with van der Waals surface area (Å²) in [5.74, 6) is -0.369. The van der Waals surface area contributed by atoms with Gasteiger partial charge in [0.15, 0.2) is 0 Å². The Kier molecular flexibility index (Phi) is 6.37. The van der Waals surface area contributed by atoms with Gasteiger partial charge < -0.3 is 9.88 Å². The molecule has 0 aromatic carbocycles. The summed E-state index contributed by atoms with van der Waals surface area (Å²) in [6.07, 6.45) is 7.63. The van der Waals surface area contributed by atoms with Gasteiger partial charge in [0.2, 0.25) is 20.9 Å². The summed E-state index contributed by atoms with van der Waals surface area (Å²) in [5, 5.41) is 10.5. The predicted octanol–water partition coefficient (Wildman–Crippen LogP) is 1.94. The first-order valence-electron chi connectivity index (χ1n) is 8.72. The van der Waals surface area contributed by atoms with E-state index >= 15 is 0 Å². The third kappa shape index (κ3) is 4.78. The Bertz CT molecular complexity index is 659. The summed E-state index contributed by atoms with van der Waals surface area (Å²) in [4.78, 5) is 12.2. The van der Waals surface area contributed by atoms with E-state index in [1.165, 1.54) is 23.8 Å². The molecule has 0 bridgehead atoms. The molecule has 8 heteroatoms. The lowest BCUT2D eigenvalue weighted by atomic mass is 9.97. The average Bonchev–Trinajstić information content (AvgIpc) is 2.84. The molecule has 1 aromatic heterocycles. The SMILES string of the molecule is CC(C)c1nnc(S(=O)(=O)CC(=O)NC2CCCCCCC2)n1C. The van der Waals surface area contributed by atoms with Crippen molar-refractivity contribution in [2.75, 3.05) is 5.75 Å². The molecule has 1 aliphatic carbocycles. The van der Waals surface area contributed by atoms with Gasteiger partial charge in [0.05, 0.1) is 0 Å². The monoisotopic (exact) mass is 356 g/mol. The van der Waals surface area contributed by atoms with Crippen LogP contribution in [-0.2, 0) is 21.7 Å². The lowest BCUT2D eigenvalue weighted by Crippen LogP contribution is -2.39. The van der Waals surface area contributed by atoms with Crippen LogP contribution in [0.3, 0.4) is 0 Å². The molecular formula is C16H28N4O3S. The van der Waals surface area contributed by atoms with Crippen molar-refractivity contribution in [2.45, 2.75) is 75.9 Å². The lowest BCUT2D eigenvalue weighted by molar-refractivity contribution is -0.119. The van der Waals surface area contributed by atoms with E-state index in [9.17, 15) is 13.2 Å². The fraction of sp³-hybridized carbons (Fsp3) is 0.812. The van der Waals surface area contributed by atoms with E-state index in [1.54, 1.807) is 7.05 Å². The van der Waals surface area contributed by atoms with Crippen LogP contribution in [0.4, 0.5) is 0 Å². The maximum Gasteiger partial charge on any atom is 0.250 e. The first kappa shape index (κ1) is 18.9. The lowest BCUT2D eigenvalue weighted by Gasteiger charge is -2.20. The Morgan fingerprint density at radius 1 is 1.17 bits per heavy atom. The van der Waals surface area contributed by atoms with Gasteiger partial charge in [-0.2, -0.15) is 0 Å². The third-order valence-electron chi connectivity index (χ3n) is 4.45. The van der Waals surface area contributed by atoms with Gasteiger partial charge in [0.25, 0.3) is 0 Å². The number of carbonyl (C=O) groups is 1. The highest BCUT2D eigenvalue weighted by molar-refractivity contribution is 7.91. The molecule has 1 heterocycles. The van der Waals surface area contributed by atoms with Crippen molar-refractivity contribution in [1.29, 1.82) is 0 Å². The highest BCUT2D eigenvalue weighted by atomic mass is 32.2. The molecule has 0 spiro atoms. The smallest absolute Gasteiger partial charge is 0.250 e. The van der Waals surface area contributed by atoms with Gasteiger partial charge >= 0.3 is 0 Å². The van der Waals surface area contributed by atoms with Gasteiger partial charge in [-0.25, -0.2) is 8.42 Å². The molecule has 1 aliphatic rings. The number of carbonyl (C=O) groups excluding carboxylic acids is 1. The van der Waals surface area contributed by atoms with E-state index in [1.807, 2.05) is 13.8 Å². The number of nitrogens with one attached hydrogen (secondary N) is 1. The molecular weight excluding hydrogens is 328 g/mol. The molecule has 1 aromatic rings. The minimum absolute atomic E-state index is 0.0650. The van der Waals surface area contributed by atoms with Gasteiger partial charge in [-0.1, -0.05) is 46.0 Å². The summed E-state index contributed by atoms with van der Waals surface area (Å²) in [6.45, 7) is 3.84. The summed E-state index contributed by atoms with van der Waals surface area (Å²) in [5.41, 5.74) is 0. The second-order valence-corrected chi connectivity index (χ2v) is 8.81. The van der Waals surface area contributed by atoms with Crippen LogP contribution in [0.15, 0.2) is 5.16 Å². The minimum Gasteiger partial charge on any atom is -0.352 e.